The summed E-state index contributed by atoms with van der Waals surface area (Å²) in [7, 11) is 0. The van der Waals surface area contributed by atoms with Crippen LogP contribution in [0.3, 0.4) is 0 Å². The van der Waals surface area contributed by atoms with Crippen LogP contribution in [0.2, 0.25) is 0 Å². The average molecular weight is 241 g/mol. The highest BCUT2D eigenvalue weighted by atomic mass is 35.5. The van der Waals surface area contributed by atoms with Crippen LogP contribution in [0.15, 0.2) is 0 Å². The van der Waals surface area contributed by atoms with Crippen molar-refractivity contribution in [2.75, 3.05) is 0 Å². The van der Waals surface area contributed by atoms with Crippen molar-refractivity contribution < 1.29 is 13.2 Å². The molecule has 0 N–H and O–H groups in total. The Labute approximate surface area is 91.0 Å². The molecule has 2 nitrogen and oxygen atoms in total. The summed E-state index contributed by atoms with van der Waals surface area (Å²) in [4.78, 5) is 0. The molecule has 6 heteroatoms. The Morgan fingerprint density at radius 1 is 1.33 bits per heavy atom. The second kappa shape index (κ2) is 4.43. The van der Waals surface area contributed by atoms with Gasteiger partial charge in [-0.05, 0) is 13.8 Å². The molecule has 15 heavy (non-hydrogen) atoms. The van der Waals surface area contributed by atoms with Crippen LogP contribution in [-0.2, 0) is 12.4 Å². The minimum Gasteiger partial charge on any atom is -0.269 e. The van der Waals surface area contributed by atoms with Crippen molar-refractivity contribution in [2.24, 2.45) is 0 Å². The number of rotatable bonds is 3. The van der Waals surface area contributed by atoms with Crippen LogP contribution >= 0.6 is 11.6 Å². The summed E-state index contributed by atoms with van der Waals surface area (Å²) in [6, 6.07) is 0. The molecule has 0 spiro atoms. The van der Waals surface area contributed by atoms with E-state index >= 15 is 0 Å². The van der Waals surface area contributed by atoms with Gasteiger partial charge in [0.25, 0.3) is 0 Å². The fourth-order valence-electron chi connectivity index (χ4n) is 1.38. The first-order chi connectivity index (χ1) is 6.85. The molecule has 0 aliphatic rings. The third-order valence-corrected chi connectivity index (χ3v) is 2.54. The number of halogens is 4. The van der Waals surface area contributed by atoms with E-state index in [2.05, 4.69) is 5.10 Å². The summed E-state index contributed by atoms with van der Waals surface area (Å²) < 4.78 is 37.3. The van der Waals surface area contributed by atoms with Crippen LogP contribution in [0.5, 0.6) is 0 Å². The number of hydrogen-bond donors (Lipinski definition) is 0. The van der Waals surface area contributed by atoms with Crippen molar-refractivity contribution in [2.45, 2.75) is 38.9 Å². The highest BCUT2D eigenvalue weighted by Gasteiger charge is 2.27. The van der Waals surface area contributed by atoms with Crippen LogP contribution in [-0.4, -0.2) is 16.0 Å². The molecule has 86 valence electrons. The summed E-state index contributed by atoms with van der Waals surface area (Å²) >= 11 is 5.67. The summed E-state index contributed by atoms with van der Waals surface area (Å²) in [5.41, 5.74) is 2.23. The Morgan fingerprint density at radius 2 is 1.93 bits per heavy atom. The molecule has 0 bridgehead atoms. The molecular weight excluding hydrogens is 229 g/mol. The van der Waals surface area contributed by atoms with Gasteiger partial charge >= 0.3 is 6.18 Å². The number of aromatic nitrogens is 2. The molecule has 0 unspecified atom stereocenters. The van der Waals surface area contributed by atoms with Gasteiger partial charge in [-0.25, -0.2) is 0 Å². The molecule has 0 atom stereocenters. The second-order valence-corrected chi connectivity index (χ2v) is 3.64. The number of nitrogens with zero attached hydrogens (tertiary/aromatic N) is 2. The molecule has 1 aromatic heterocycles. The van der Waals surface area contributed by atoms with Gasteiger partial charge in [0.2, 0.25) is 0 Å². The van der Waals surface area contributed by atoms with Crippen molar-refractivity contribution in [3.63, 3.8) is 0 Å². The minimum atomic E-state index is -4.15. The van der Waals surface area contributed by atoms with Crippen molar-refractivity contribution in [3.05, 3.63) is 17.0 Å². The third kappa shape index (κ3) is 3.12. The first-order valence-corrected chi connectivity index (χ1v) is 5.04. The normalized spacial score (nSPS) is 12.1. The van der Waals surface area contributed by atoms with E-state index in [1.54, 1.807) is 13.8 Å². The summed E-state index contributed by atoms with van der Waals surface area (Å²) in [6.07, 6.45) is -5.01. The smallest absolute Gasteiger partial charge is 0.269 e. The maximum atomic E-state index is 12.0. The van der Waals surface area contributed by atoms with Crippen LogP contribution in [0.25, 0.3) is 0 Å². The largest absolute Gasteiger partial charge is 0.390 e. The Bertz CT molecular complexity index is 344. The van der Waals surface area contributed by atoms with E-state index in [0.29, 0.717) is 11.4 Å². The zero-order chi connectivity index (χ0) is 11.6. The summed E-state index contributed by atoms with van der Waals surface area (Å²) in [5.74, 6) is 0.281. The van der Waals surface area contributed by atoms with Crippen molar-refractivity contribution in [1.82, 2.24) is 9.78 Å². The van der Waals surface area contributed by atoms with Gasteiger partial charge in [-0.1, -0.05) is 0 Å². The van der Waals surface area contributed by atoms with Crippen LogP contribution in [0.1, 0.15) is 23.4 Å². The average Bonchev–Trinajstić information content (AvgIpc) is 2.37. The molecule has 0 fully saturated rings. The first kappa shape index (κ1) is 12.4. The lowest BCUT2D eigenvalue weighted by atomic mass is 10.2. The van der Waals surface area contributed by atoms with Crippen LogP contribution in [0.4, 0.5) is 13.2 Å². The monoisotopic (exact) mass is 240 g/mol. The van der Waals surface area contributed by atoms with Gasteiger partial charge in [0.15, 0.2) is 0 Å². The van der Waals surface area contributed by atoms with E-state index in [1.807, 2.05) is 0 Å². The molecule has 1 aromatic rings. The predicted molar refractivity (Wildman–Crippen MR) is 51.9 cm³/mol. The highest BCUT2D eigenvalue weighted by Crippen LogP contribution is 2.22. The second-order valence-electron chi connectivity index (χ2n) is 3.37. The Balaban J connectivity index is 2.79. The number of aryl methyl sites for hydroxylation is 2. The fraction of sp³-hybridized carbons (Fsp3) is 0.667. The van der Waals surface area contributed by atoms with Gasteiger partial charge in [-0.15, -0.1) is 11.6 Å². The van der Waals surface area contributed by atoms with Crippen LogP contribution < -0.4 is 0 Å². The van der Waals surface area contributed by atoms with Gasteiger partial charge in [0, 0.05) is 17.8 Å². The molecule has 1 heterocycles. The van der Waals surface area contributed by atoms with E-state index in [-0.39, 0.29) is 12.4 Å². The number of hydrogen-bond acceptors (Lipinski definition) is 1. The molecule has 0 saturated heterocycles. The zero-order valence-electron chi connectivity index (χ0n) is 8.53. The van der Waals surface area contributed by atoms with Gasteiger partial charge < -0.3 is 0 Å². The fourth-order valence-corrected chi connectivity index (χ4v) is 1.76. The Kier molecular flexibility index (Phi) is 3.65. The standard InChI is InChI=1S/C9H12ClF3N2/c1-6-8(5-10)7(2)15(14-6)4-3-9(11,12)13/h3-5H2,1-2H3. The predicted octanol–water partition coefficient (Wildman–Crippen LogP) is 3.19. The molecule has 0 aliphatic carbocycles. The summed E-state index contributed by atoms with van der Waals surface area (Å²) in [5, 5.41) is 4.02. The lowest BCUT2D eigenvalue weighted by molar-refractivity contribution is -0.137. The van der Waals surface area contributed by atoms with E-state index in [9.17, 15) is 13.2 Å². The first-order valence-electron chi connectivity index (χ1n) is 4.50. The quantitative estimate of drug-likeness (QED) is 0.742. The molecule has 1 rings (SSSR count). The van der Waals surface area contributed by atoms with Crippen molar-refractivity contribution >= 4 is 11.6 Å². The summed E-state index contributed by atoms with van der Waals surface area (Å²) in [6.45, 7) is 3.33. The molecule has 0 amide bonds. The van der Waals surface area contributed by atoms with Crippen molar-refractivity contribution in [1.29, 1.82) is 0 Å². The van der Waals surface area contributed by atoms with E-state index in [1.165, 1.54) is 4.68 Å². The Morgan fingerprint density at radius 3 is 2.33 bits per heavy atom. The molecule has 0 radical (unpaired) electrons. The Hall–Kier alpha value is -0.710. The maximum absolute atomic E-state index is 12.0. The highest BCUT2D eigenvalue weighted by molar-refractivity contribution is 6.17. The van der Waals surface area contributed by atoms with E-state index < -0.39 is 12.6 Å². The van der Waals surface area contributed by atoms with Gasteiger partial charge in [-0.2, -0.15) is 18.3 Å². The minimum absolute atomic E-state index is 0.146. The lowest BCUT2D eigenvalue weighted by Gasteiger charge is -2.07. The molecule has 0 aromatic carbocycles. The van der Waals surface area contributed by atoms with E-state index in [0.717, 1.165) is 5.56 Å². The topological polar surface area (TPSA) is 17.8 Å². The molecule has 0 aliphatic heterocycles. The lowest BCUT2D eigenvalue weighted by Crippen LogP contribution is -2.14. The maximum Gasteiger partial charge on any atom is 0.390 e. The third-order valence-electron chi connectivity index (χ3n) is 2.27. The SMILES string of the molecule is Cc1nn(CCC(F)(F)F)c(C)c1CCl. The van der Waals surface area contributed by atoms with Crippen molar-refractivity contribution in [3.8, 4) is 0 Å². The number of alkyl halides is 4. The van der Waals surface area contributed by atoms with Gasteiger partial charge in [0.05, 0.1) is 18.0 Å². The van der Waals surface area contributed by atoms with Gasteiger partial charge in [0.1, 0.15) is 0 Å². The molecule has 0 saturated carbocycles. The molecular formula is C9H12ClF3N2. The van der Waals surface area contributed by atoms with Crippen LogP contribution in [0, 0.1) is 13.8 Å². The van der Waals surface area contributed by atoms with Gasteiger partial charge in [-0.3, -0.25) is 4.68 Å². The van der Waals surface area contributed by atoms with E-state index in [4.69, 9.17) is 11.6 Å². The zero-order valence-corrected chi connectivity index (χ0v) is 9.28.